The van der Waals surface area contributed by atoms with Gasteiger partial charge in [0.2, 0.25) is 0 Å². The molecule has 0 bridgehead atoms. The van der Waals surface area contributed by atoms with Crippen molar-refractivity contribution in [3.8, 4) is 0 Å². The largest absolute Gasteiger partial charge is 0.390 e. The van der Waals surface area contributed by atoms with Crippen LogP contribution in [0.3, 0.4) is 0 Å². The summed E-state index contributed by atoms with van der Waals surface area (Å²) in [6.45, 7) is 0.620. The van der Waals surface area contributed by atoms with Crippen LogP contribution in [-0.2, 0) is 4.74 Å². The van der Waals surface area contributed by atoms with Crippen LogP contribution in [0.25, 0.3) is 10.4 Å². The highest BCUT2D eigenvalue weighted by molar-refractivity contribution is 4.80. The Balaban J connectivity index is -0.0000000557. The molecule has 1 fully saturated rings. The lowest BCUT2D eigenvalue weighted by Gasteiger charge is -2.01. The smallest absolute Gasteiger partial charge is 0.0889 e. The number of aliphatic hydroxyl groups is 1. The Hall–Kier alpha value is -0.770. The molecule has 60 valence electrons. The molecule has 0 amide bonds. The molecule has 2 atom stereocenters. The topological polar surface area (TPSA) is 78.2 Å². The van der Waals surface area contributed by atoms with Crippen molar-refractivity contribution in [2.45, 2.75) is 12.1 Å². The molecule has 5 nitrogen and oxygen atoms in total. The molecule has 0 aromatic rings. The third kappa shape index (κ3) is 1.32. The molecule has 1 heterocycles. The maximum absolute atomic E-state index is 8.93. The lowest BCUT2D eigenvalue weighted by Crippen LogP contribution is -2.20. The second-order valence-electron chi connectivity index (χ2n) is 1.88. The van der Waals surface area contributed by atoms with E-state index >= 15 is 0 Å². The van der Waals surface area contributed by atoms with Gasteiger partial charge in [-0.1, -0.05) is 5.11 Å². The normalized spacial score (nSPS) is 38.3. The van der Waals surface area contributed by atoms with E-state index in [1.807, 2.05) is 0 Å². The number of ether oxygens (including phenoxy) is 1. The second kappa shape index (κ2) is 2.68. The molecule has 0 saturated carbocycles. The lowest BCUT2D eigenvalue weighted by molar-refractivity contribution is 0.125. The van der Waals surface area contributed by atoms with Gasteiger partial charge in [-0.15, -0.1) is 0 Å². The molecule has 0 aromatic carbocycles. The van der Waals surface area contributed by atoms with Crippen molar-refractivity contribution >= 4 is 0 Å². The van der Waals surface area contributed by atoms with Crippen LogP contribution in [0.2, 0.25) is 0 Å². The van der Waals surface area contributed by atoms with Crippen molar-refractivity contribution in [2.75, 3.05) is 13.2 Å². The van der Waals surface area contributed by atoms with Gasteiger partial charge in [-0.05, 0) is 5.53 Å². The number of aliphatic hydroxyl groups excluding tert-OH is 1. The van der Waals surface area contributed by atoms with Gasteiger partial charge in [-0.25, -0.2) is 0 Å². The molecule has 0 aliphatic carbocycles. The summed E-state index contributed by atoms with van der Waals surface area (Å²) >= 11 is 0. The minimum absolute atomic E-state index is 0.281. The van der Waals surface area contributed by atoms with Gasteiger partial charge in [0, 0.05) is 19.8 Å². The van der Waals surface area contributed by atoms with E-state index in [2.05, 4.69) is 10.0 Å². The molecule has 5 heteroatoms. The highest BCUT2D eigenvalue weighted by atomic mass is 16.5. The quantitative estimate of drug-likeness (QED) is 0.346. The maximum Gasteiger partial charge on any atom is 0.0889 e. The Bertz CT molecular complexity index is 162. The summed E-state index contributed by atoms with van der Waals surface area (Å²) < 4.78 is 54.8. The Morgan fingerprint density at radius 1 is 1.89 bits per heavy atom. The number of azide groups is 1. The average molecular weight is 149 g/mol. The van der Waals surface area contributed by atoms with Gasteiger partial charge >= 0.3 is 0 Å². The molecule has 1 aliphatic rings. The summed E-state index contributed by atoms with van der Waals surface area (Å²) in [6, 6.07) is -0.380. The molecule has 0 aromatic heterocycles. The van der Waals surface area contributed by atoms with Gasteiger partial charge in [0.15, 0.2) is 0 Å². The minimum Gasteiger partial charge on any atom is -0.390 e. The van der Waals surface area contributed by atoms with E-state index < -0.39 is 6.10 Å². The van der Waals surface area contributed by atoms with Gasteiger partial charge in [0.25, 0.3) is 0 Å². The van der Waals surface area contributed by atoms with Gasteiger partial charge in [-0.2, -0.15) is 0 Å². The highest BCUT2D eigenvalue weighted by Crippen LogP contribution is 2.08. The second-order valence-corrected chi connectivity index (χ2v) is 1.88. The first kappa shape index (κ1) is 2.46. The zero-order valence-corrected chi connectivity index (χ0v) is 4.77. The van der Waals surface area contributed by atoms with E-state index in [1.165, 1.54) is 0 Å². The van der Waals surface area contributed by atoms with Crippen molar-refractivity contribution in [1.29, 1.82) is 0 Å². The van der Waals surface area contributed by atoms with Gasteiger partial charge in [-0.3, -0.25) is 0 Å². The predicted octanol–water partition coefficient (Wildman–Crippen LogP) is 1.29. The van der Waals surface area contributed by atoms with E-state index in [9.17, 15) is 0 Å². The Morgan fingerprint density at radius 2 is 2.67 bits per heavy atom. The number of hydrogen-bond acceptors (Lipinski definition) is 3. The van der Waals surface area contributed by atoms with Crippen LogP contribution in [-0.4, -0.2) is 30.5 Å². The van der Waals surface area contributed by atoms with Crippen LogP contribution < -0.4 is 0 Å². The molecule has 1 rings (SSSR count). The van der Waals surface area contributed by atoms with Crippen molar-refractivity contribution in [1.82, 2.24) is 0 Å². The van der Waals surface area contributed by atoms with Crippen LogP contribution >= 0.6 is 0 Å². The van der Waals surface area contributed by atoms with E-state index in [0.717, 1.165) is 0 Å². The summed E-state index contributed by atoms with van der Waals surface area (Å²) in [5.74, 6) is 0. The molecule has 0 radical (unpaired) electrons. The molecule has 0 spiro atoms. The number of nitrogens with zero attached hydrogens (tertiary/aromatic N) is 3. The van der Waals surface area contributed by atoms with Crippen molar-refractivity contribution in [3.05, 3.63) is 10.4 Å². The Labute approximate surface area is 67.3 Å². The van der Waals surface area contributed by atoms with E-state index in [0.29, 0.717) is 6.61 Å². The fourth-order valence-electron chi connectivity index (χ4n) is 0.708. The zero-order valence-electron chi connectivity index (χ0n) is 14.8. The molecule has 9 heavy (non-hydrogen) atoms. The lowest BCUT2D eigenvalue weighted by atomic mass is 10.2. The Morgan fingerprint density at radius 3 is 3.11 bits per heavy atom. The van der Waals surface area contributed by atoms with E-state index in [-0.39, 0.29) is 12.6 Å². The fraction of sp³-hybridized carbons (Fsp3) is 1.00. The maximum atomic E-state index is 8.93. The first-order valence-electron chi connectivity index (χ1n) is 7.64. The highest BCUT2D eigenvalue weighted by Gasteiger charge is 2.24. The van der Waals surface area contributed by atoms with Crippen LogP contribution in [0.4, 0.5) is 0 Å². The zero-order chi connectivity index (χ0) is 16.7. The van der Waals surface area contributed by atoms with Crippen LogP contribution in [0.15, 0.2) is 5.11 Å². The summed E-state index contributed by atoms with van der Waals surface area (Å²) in [5, 5.41) is 12.2. The van der Waals surface area contributed by atoms with Crippen molar-refractivity contribution < 1.29 is 24.7 Å². The monoisotopic (exact) mass is 149 g/mol. The number of hydrogen-bond donors (Lipinski definition) is 1. The van der Waals surface area contributed by atoms with Crippen LogP contribution in [0.5, 0.6) is 0 Å². The summed E-state index contributed by atoms with van der Waals surface area (Å²) in [4.78, 5) is 2.55. The summed E-state index contributed by atoms with van der Waals surface area (Å²) in [7, 11) is 0. The van der Waals surface area contributed by atoms with Gasteiger partial charge in [0.05, 0.1) is 25.4 Å². The molecule has 1 N–H and O–H groups in total. The van der Waals surface area contributed by atoms with Gasteiger partial charge < -0.3 is 9.84 Å². The molecular formula is C4H17N3O2. The van der Waals surface area contributed by atoms with E-state index in [1.54, 1.807) is 0 Å². The summed E-state index contributed by atoms with van der Waals surface area (Å²) in [6.07, 6.45) is -0.610. The first-order chi connectivity index (χ1) is 9.34. The van der Waals surface area contributed by atoms with Gasteiger partial charge in [0.1, 0.15) is 0 Å². The third-order valence-electron chi connectivity index (χ3n) is 1.22. The molecule has 1 aliphatic heterocycles. The predicted molar refractivity (Wildman–Crippen MR) is 40.3 cm³/mol. The molecular weight excluding hydrogens is 122 g/mol. The van der Waals surface area contributed by atoms with Crippen molar-refractivity contribution in [3.63, 3.8) is 0 Å². The average Bonchev–Trinajstić information content (AvgIpc) is 2.95. The van der Waals surface area contributed by atoms with Crippen LogP contribution in [0, 0.1) is 0 Å². The molecule has 1 saturated heterocycles. The Kier molecular flexibility index (Phi) is 0.732. The standard InChI is InChI=1S/C4H7N3O2.5H2/c5-7-6-3-1-9-2-4(3)8;;;;;/h3-4,8H,1-2H2;5*1H/t3-,4-;;;;;/m0...../s1/i;5*1+1D. The fourth-order valence-corrected chi connectivity index (χ4v) is 0.708. The van der Waals surface area contributed by atoms with E-state index in [4.69, 9.17) is 30.2 Å². The third-order valence-corrected chi connectivity index (χ3v) is 1.22. The number of rotatable bonds is 1. The SMILES string of the molecule is [2H][2H].[2H][2H].[2H][2H].[2H][2H].[2H][2H].[N-]=[N+]=N[C@H]1COC[C@@H]1O. The van der Waals surface area contributed by atoms with Crippen molar-refractivity contribution in [2.24, 2.45) is 5.11 Å². The minimum atomic E-state index is -0.610. The van der Waals surface area contributed by atoms with Crippen LogP contribution in [0.1, 0.15) is 14.8 Å². The first-order valence-corrected chi connectivity index (χ1v) is 2.64. The molecule has 0 unspecified atom stereocenters. The summed E-state index contributed by atoms with van der Waals surface area (Å²) in [5.41, 5.74) is 7.94.